The van der Waals surface area contributed by atoms with E-state index in [0.717, 1.165) is 0 Å². The van der Waals surface area contributed by atoms with Crippen molar-refractivity contribution in [3.63, 3.8) is 0 Å². The van der Waals surface area contributed by atoms with Gasteiger partial charge in [0.15, 0.2) is 11.6 Å². The topological polar surface area (TPSA) is 64.1 Å². The Morgan fingerprint density at radius 1 is 1.60 bits per heavy atom. The van der Waals surface area contributed by atoms with Crippen LogP contribution >= 0.6 is 0 Å². The maximum atomic E-state index is 13.2. The molecule has 15 heavy (non-hydrogen) atoms. The smallest absolute Gasteiger partial charge is 0.204 e. The van der Waals surface area contributed by atoms with Crippen LogP contribution in [0.4, 0.5) is 10.2 Å². The highest BCUT2D eigenvalue weighted by Gasteiger charge is 2.12. The number of hydrogen-bond acceptors (Lipinski definition) is 4. The van der Waals surface area contributed by atoms with Crippen molar-refractivity contribution in [1.29, 1.82) is 0 Å². The van der Waals surface area contributed by atoms with E-state index in [-0.39, 0.29) is 11.6 Å². The van der Waals surface area contributed by atoms with E-state index in [2.05, 4.69) is 10.5 Å². The molecule has 0 bridgehead atoms. The van der Waals surface area contributed by atoms with Gasteiger partial charge in [-0.25, -0.2) is 4.39 Å². The molecule has 0 aliphatic rings. The molecule has 1 unspecified atom stereocenters. The van der Waals surface area contributed by atoms with E-state index in [1.807, 2.05) is 6.92 Å². The van der Waals surface area contributed by atoms with Gasteiger partial charge in [-0.05, 0) is 19.1 Å². The molecule has 1 heterocycles. The van der Waals surface area contributed by atoms with Gasteiger partial charge in [-0.2, -0.15) is 0 Å². The highest BCUT2D eigenvalue weighted by molar-refractivity contribution is 5.88. The number of fused-ring (bicyclic) bond motifs is 1. The Kier molecular flexibility index (Phi) is 2.55. The van der Waals surface area contributed by atoms with Gasteiger partial charge in [-0.3, -0.25) is 0 Å². The van der Waals surface area contributed by atoms with Gasteiger partial charge in [-0.1, -0.05) is 11.2 Å². The van der Waals surface area contributed by atoms with Crippen LogP contribution in [0.15, 0.2) is 22.7 Å². The second kappa shape index (κ2) is 3.86. The van der Waals surface area contributed by atoms with Gasteiger partial charge in [0.2, 0.25) is 5.58 Å². The van der Waals surface area contributed by atoms with Gasteiger partial charge in [0.1, 0.15) is 0 Å². The number of nitrogens with two attached hydrogens (primary N) is 1. The van der Waals surface area contributed by atoms with Crippen LogP contribution in [0, 0.1) is 5.82 Å². The van der Waals surface area contributed by atoms with Crippen molar-refractivity contribution < 1.29 is 8.91 Å². The Morgan fingerprint density at radius 3 is 3.13 bits per heavy atom. The third kappa shape index (κ3) is 1.78. The van der Waals surface area contributed by atoms with Crippen molar-refractivity contribution in [2.45, 2.75) is 13.0 Å². The summed E-state index contributed by atoms with van der Waals surface area (Å²) >= 11 is 0. The Balaban J connectivity index is 2.41. The molecule has 0 saturated carbocycles. The summed E-state index contributed by atoms with van der Waals surface area (Å²) in [7, 11) is 0. The zero-order valence-corrected chi connectivity index (χ0v) is 8.33. The van der Waals surface area contributed by atoms with Gasteiger partial charge >= 0.3 is 0 Å². The number of nitrogens with one attached hydrogen (secondary N) is 1. The van der Waals surface area contributed by atoms with Gasteiger partial charge in [0.25, 0.3) is 0 Å². The summed E-state index contributed by atoms with van der Waals surface area (Å²) in [5.74, 6) is 0.121. The average molecular weight is 209 g/mol. The van der Waals surface area contributed by atoms with Gasteiger partial charge in [0, 0.05) is 12.6 Å². The molecule has 1 aromatic carbocycles. The normalized spacial score (nSPS) is 13.0. The minimum atomic E-state index is -0.409. The lowest BCUT2D eigenvalue weighted by Gasteiger charge is -2.08. The predicted octanol–water partition coefficient (Wildman–Crippen LogP) is 1.73. The number of aromatic nitrogens is 1. The Hall–Kier alpha value is -1.62. The Labute approximate surface area is 86.2 Å². The molecule has 0 saturated heterocycles. The van der Waals surface area contributed by atoms with E-state index in [1.54, 1.807) is 12.1 Å². The molecule has 0 spiro atoms. The lowest BCUT2D eigenvalue weighted by molar-refractivity contribution is 0.442. The van der Waals surface area contributed by atoms with E-state index >= 15 is 0 Å². The van der Waals surface area contributed by atoms with Crippen molar-refractivity contribution in [2.75, 3.05) is 11.9 Å². The van der Waals surface area contributed by atoms with Crippen LogP contribution in [0.25, 0.3) is 11.0 Å². The first-order valence-corrected chi connectivity index (χ1v) is 4.73. The number of benzene rings is 1. The SMILES string of the molecule is CC(CN)Nc1noc2c(F)cccc12. The molecule has 5 heteroatoms. The van der Waals surface area contributed by atoms with E-state index in [0.29, 0.717) is 17.7 Å². The first-order valence-electron chi connectivity index (χ1n) is 4.73. The minimum absolute atomic E-state index is 0.0709. The minimum Gasteiger partial charge on any atom is -0.363 e. The average Bonchev–Trinajstić information content (AvgIpc) is 2.63. The van der Waals surface area contributed by atoms with Gasteiger partial charge in [0.05, 0.1) is 5.39 Å². The molecule has 0 fully saturated rings. The first kappa shape index (κ1) is 9.92. The van der Waals surface area contributed by atoms with Crippen molar-refractivity contribution >= 4 is 16.8 Å². The van der Waals surface area contributed by atoms with Crippen LogP contribution in [0.1, 0.15) is 6.92 Å². The van der Waals surface area contributed by atoms with E-state index in [1.165, 1.54) is 6.07 Å². The lowest BCUT2D eigenvalue weighted by atomic mass is 10.2. The summed E-state index contributed by atoms with van der Waals surface area (Å²) in [6.45, 7) is 2.39. The lowest BCUT2D eigenvalue weighted by Crippen LogP contribution is -2.25. The fraction of sp³-hybridized carbons (Fsp3) is 0.300. The highest BCUT2D eigenvalue weighted by atomic mass is 19.1. The highest BCUT2D eigenvalue weighted by Crippen LogP contribution is 2.24. The quantitative estimate of drug-likeness (QED) is 0.808. The predicted molar refractivity (Wildman–Crippen MR) is 56.1 cm³/mol. The molecule has 4 nitrogen and oxygen atoms in total. The number of halogens is 1. The monoisotopic (exact) mass is 209 g/mol. The van der Waals surface area contributed by atoms with Crippen molar-refractivity contribution in [3.8, 4) is 0 Å². The van der Waals surface area contributed by atoms with Crippen LogP contribution in [-0.2, 0) is 0 Å². The largest absolute Gasteiger partial charge is 0.363 e. The van der Waals surface area contributed by atoms with Crippen LogP contribution in [0.5, 0.6) is 0 Å². The third-order valence-electron chi connectivity index (χ3n) is 2.19. The maximum Gasteiger partial charge on any atom is 0.204 e. The van der Waals surface area contributed by atoms with E-state index in [9.17, 15) is 4.39 Å². The Bertz CT molecular complexity index is 469. The van der Waals surface area contributed by atoms with Crippen molar-refractivity contribution in [1.82, 2.24) is 5.16 Å². The molecule has 0 radical (unpaired) electrons. The zero-order chi connectivity index (χ0) is 10.8. The first-order chi connectivity index (χ1) is 7.22. The molecule has 1 atom stereocenters. The fourth-order valence-corrected chi connectivity index (χ4v) is 1.32. The molecular weight excluding hydrogens is 197 g/mol. The summed E-state index contributed by atoms with van der Waals surface area (Å²) in [4.78, 5) is 0. The van der Waals surface area contributed by atoms with E-state index in [4.69, 9.17) is 10.3 Å². The second-order valence-corrected chi connectivity index (χ2v) is 3.43. The number of rotatable bonds is 3. The van der Waals surface area contributed by atoms with Crippen molar-refractivity contribution in [3.05, 3.63) is 24.0 Å². The number of nitrogens with zero attached hydrogens (tertiary/aromatic N) is 1. The molecular formula is C10H12FN3O. The Morgan fingerprint density at radius 2 is 2.40 bits per heavy atom. The van der Waals surface area contributed by atoms with Crippen LogP contribution < -0.4 is 11.1 Å². The summed E-state index contributed by atoms with van der Waals surface area (Å²) in [6.07, 6.45) is 0. The third-order valence-corrected chi connectivity index (χ3v) is 2.19. The molecule has 0 aliphatic heterocycles. The summed E-state index contributed by atoms with van der Waals surface area (Å²) in [5, 5.41) is 7.44. The molecule has 2 aromatic rings. The number of anilines is 1. The maximum absolute atomic E-state index is 13.2. The number of para-hydroxylation sites is 1. The molecule has 2 rings (SSSR count). The number of hydrogen-bond donors (Lipinski definition) is 2. The van der Waals surface area contributed by atoms with Crippen LogP contribution in [-0.4, -0.2) is 17.7 Å². The van der Waals surface area contributed by atoms with Crippen LogP contribution in [0.2, 0.25) is 0 Å². The zero-order valence-electron chi connectivity index (χ0n) is 8.33. The molecule has 80 valence electrons. The van der Waals surface area contributed by atoms with Gasteiger partial charge < -0.3 is 15.6 Å². The van der Waals surface area contributed by atoms with Crippen molar-refractivity contribution in [2.24, 2.45) is 5.73 Å². The molecule has 1 aromatic heterocycles. The summed E-state index contributed by atoms with van der Waals surface area (Å²) < 4.78 is 18.1. The summed E-state index contributed by atoms with van der Waals surface area (Å²) in [5.41, 5.74) is 5.64. The summed E-state index contributed by atoms with van der Waals surface area (Å²) in [6, 6.07) is 4.78. The van der Waals surface area contributed by atoms with Gasteiger partial charge in [-0.15, -0.1) is 0 Å². The standard InChI is InChI=1S/C10H12FN3O/c1-6(5-12)13-10-7-3-2-4-8(11)9(7)15-14-10/h2-4,6H,5,12H2,1H3,(H,13,14). The molecule has 0 amide bonds. The molecule has 3 N–H and O–H groups in total. The van der Waals surface area contributed by atoms with E-state index < -0.39 is 5.82 Å². The second-order valence-electron chi connectivity index (χ2n) is 3.43. The molecule has 0 aliphatic carbocycles. The fourth-order valence-electron chi connectivity index (χ4n) is 1.32. The van der Waals surface area contributed by atoms with Crippen LogP contribution in [0.3, 0.4) is 0 Å².